The zero-order valence-electron chi connectivity index (χ0n) is 11.9. The van der Waals surface area contributed by atoms with Crippen molar-refractivity contribution in [3.63, 3.8) is 0 Å². The summed E-state index contributed by atoms with van der Waals surface area (Å²) >= 11 is 0. The molecule has 6 nitrogen and oxygen atoms in total. The summed E-state index contributed by atoms with van der Waals surface area (Å²) in [7, 11) is -3.37. The van der Waals surface area contributed by atoms with E-state index >= 15 is 0 Å². The standard InChI is InChI=1S/C15H16N2O4S/c1-2-22(19,20)14-6-4-3-5-13(14)21-12-9-7-11(8-10-12)17-15(16)18/h3-10H,2H2,1H3,(H3,16,17,18). The number of para-hydroxylation sites is 1. The predicted molar refractivity (Wildman–Crippen MR) is 83.9 cm³/mol. The van der Waals surface area contributed by atoms with Crippen molar-refractivity contribution in [3.8, 4) is 11.5 Å². The van der Waals surface area contributed by atoms with E-state index in [0.29, 0.717) is 11.4 Å². The molecule has 0 radical (unpaired) electrons. The fraction of sp³-hybridized carbons (Fsp3) is 0.133. The van der Waals surface area contributed by atoms with Crippen molar-refractivity contribution < 1.29 is 17.9 Å². The van der Waals surface area contributed by atoms with Crippen molar-refractivity contribution in [1.29, 1.82) is 0 Å². The first-order chi connectivity index (χ1) is 10.4. The maximum absolute atomic E-state index is 12.0. The molecule has 0 aliphatic heterocycles. The molecule has 0 saturated heterocycles. The van der Waals surface area contributed by atoms with E-state index in [4.69, 9.17) is 10.5 Å². The number of nitrogens with two attached hydrogens (primary N) is 1. The minimum atomic E-state index is -3.37. The topological polar surface area (TPSA) is 98.5 Å². The zero-order chi connectivity index (χ0) is 16.2. The highest BCUT2D eigenvalue weighted by molar-refractivity contribution is 7.91. The molecular formula is C15H16N2O4S. The van der Waals surface area contributed by atoms with E-state index in [1.807, 2.05) is 0 Å². The van der Waals surface area contributed by atoms with Crippen LogP contribution >= 0.6 is 0 Å². The average molecular weight is 320 g/mol. The number of rotatable bonds is 5. The van der Waals surface area contributed by atoms with Crippen LogP contribution in [0.2, 0.25) is 0 Å². The lowest BCUT2D eigenvalue weighted by Gasteiger charge is -2.11. The maximum Gasteiger partial charge on any atom is 0.316 e. The number of ether oxygens (including phenoxy) is 1. The Morgan fingerprint density at radius 2 is 1.77 bits per heavy atom. The molecule has 0 spiro atoms. The summed E-state index contributed by atoms with van der Waals surface area (Å²) in [5.74, 6) is 0.711. The maximum atomic E-state index is 12.0. The van der Waals surface area contributed by atoms with Crippen LogP contribution in [0.15, 0.2) is 53.4 Å². The summed E-state index contributed by atoms with van der Waals surface area (Å²) < 4.78 is 29.7. The minimum Gasteiger partial charge on any atom is -0.456 e. The normalized spacial score (nSPS) is 11.0. The van der Waals surface area contributed by atoms with Crippen LogP contribution in [0, 0.1) is 0 Å². The molecule has 2 aromatic carbocycles. The molecule has 22 heavy (non-hydrogen) atoms. The number of primary amides is 1. The highest BCUT2D eigenvalue weighted by atomic mass is 32.2. The number of hydrogen-bond donors (Lipinski definition) is 2. The number of carbonyl (C=O) groups is 1. The molecule has 116 valence electrons. The van der Waals surface area contributed by atoms with Gasteiger partial charge >= 0.3 is 6.03 Å². The Morgan fingerprint density at radius 1 is 1.14 bits per heavy atom. The molecule has 2 rings (SSSR count). The van der Waals surface area contributed by atoms with Gasteiger partial charge in [0.25, 0.3) is 0 Å². The van der Waals surface area contributed by atoms with Gasteiger partial charge in [0.15, 0.2) is 9.84 Å². The second-order valence-corrected chi connectivity index (χ2v) is 6.71. The number of amides is 2. The number of nitrogens with one attached hydrogen (secondary N) is 1. The molecule has 3 N–H and O–H groups in total. The van der Waals surface area contributed by atoms with Crippen molar-refractivity contribution in [1.82, 2.24) is 0 Å². The third-order valence-electron chi connectivity index (χ3n) is 2.91. The summed E-state index contributed by atoms with van der Waals surface area (Å²) in [6.07, 6.45) is 0. The summed E-state index contributed by atoms with van der Waals surface area (Å²) in [5.41, 5.74) is 5.54. The Kier molecular flexibility index (Phi) is 4.67. The van der Waals surface area contributed by atoms with Gasteiger partial charge < -0.3 is 15.8 Å². The Hall–Kier alpha value is -2.54. The van der Waals surface area contributed by atoms with Gasteiger partial charge in [-0.3, -0.25) is 0 Å². The van der Waals surface area contributed by atoms with Gasteiger partial charge in [-0.25, -0.2) is 13.2 Å². The van der Waals surface area contributed by atoms with Gasteiger partial charge in [-0.15, -0.1) is 0 Å². The molecule has 0 bridgehead atoms. The van der Waals surface area contributed by atoms with Gasteiger partial charge in [-0.2, -0.15) is 0 Å². The fourth-order valence-electron chi connectivity index (χ4n) is 1.82. The SMILES string of the molecule is CCS(=O)(=O)c1ccccc1Oc1ccc(NC(N)=O)cc1. The smallest absolute Gasteiger partial charge is 0.316 e. The zero-order valence-corrected chi connectivity index (χ0v) is 12.8. The summed E-state index contributed by atoms with van der Waals surface area (Å²) in [5, 5.41) is 2.43. The fourth-order valence-corrected chi connectivity index (χ4v) is 2.84. The van der Waals surface area contributed by atoms with Crippen LogP contribution in [0.5, 0.6) is 11.5 Å². The Balaban J connectivity index is 2.26. The first-order valence-electron chi connectivity index (χ1n) is 6.58. The molecule has 0 aromatic heterocycles. The van der Waals surface area contributed by atoms with Crippen molar-refractivity contribution in [2.45, 2.75) is 11.8 Å². The number of urea groups is 1. The average Bonchev–Trinajstić information content (AvgIpc) is 2.49. The van der Waals surface area contributed by atoms with Crippen LogP contribution < -0.4 is 15.8 Å². The molecule has 0 fully saturated rings. The van der Waals surface area contributed by atoms with E-state index in [1.165, 1.54) is 6.07 Å². The van der Waals surface area contributed by atoms with Crippen molar-refractivity contribution in [2.75, 3.05) is 11.1 Å². The third kappa shape index (κ3) is 3.76. The quantitative estimate of drug-likeness (QED) is 0.885. The second kappa shape index (κ2) is 6.48. The Morgan fingerprint density at radius 3 is 2.36 bits per heavy atom. The van der Waals surface area contributed by atoms with Gasteiger partial charge in [0.2, 0.25) is 0 Å². The molecule has 0 saturated carbocycles. The van der Waals surface area contributed by atoms with E-state index in [0.717, 1.165) is 0 Å². The highest BCUT2D eigenvalue weighted by Crippen LogP contribution is 2.29. The lowest BCUT2D eigenvalue weighted by atomic mass is 10.3. The largest absolute Gasteiger partial charge is 0.456 e. The number of anilines is 1. The van der Waals surface area contributed by atoms with E-state index < -0.39 is 15.9 Å². The highest BCUT2D eigenvalue weighted by Gasteiger charge is 2.17. The Bertz CT molecular complexity index is 770. The van der Waals surface area contributed by atoms with Crippen LogP contribution in [0.25, 0.3) is 0 Å². The van der Waals surface area contributed by atoms with Gasteiger partial charge in [0.05, 0.1) is 5.75 Å². The van der Waals surface area contributed by atoms with Crippen LogP contribution in [0.1, 0.15) is 6.92 Å². The van der Waals surface area contributed by atoms with E-state index in [-0.39, 0.29) is 16.4 Å². The molecular weight excluding hydrogens is 304 g/mol. The molecule has 0 aliphatic carbocycles. The Labute approximate surface area is 128 Å². The van der Waals surface area contributed by atoms with E-state index in [9.17, 15) is 13.2 Å². The lowest BCUT2D eigenvalue weighted by molar-refractivity contribution is 0.259. The van der Waals surface area contributed by atoms with Gasteiger partial charge in [-0.1, -0.05) is 19.1 Å². The molecule has 7 heteroatoms. The van der Waals surface area contributed by atoms with Crippen LogP contribution in [-0.4, -0.2) is 20.2 Å². The predicted octanol–water partition coefficient (Wildman–Crippen LogP) is 2.76. The van der Waals surface area contributed by atoms with E-state index in [1.54, 1.807) is 49.4 Å². The van der Waals surface area contributed by atoms with Crippen LogP contribution in [-0.2, 0) is 9.84 Å². The lowest BCUT2D eigenvalue weighted by Crippen LogP contribution is -2.19. The van der Waals surface area contributed by atoms with Crippen molar-refractivity contribution >= 4 is 21.6 Å². The van der Waals surface area contributed by atoms with Gasteiger partial charge in [-0.05, 0) is 36.4 Å². The molecule has 2 aromatic rings. The summed E-state index contributed by atoms with van der Waals surface area (Å²) in [6, 6.07) is 12.2. The summed E-state index contributed by atoms with van der Waals surface area (Å²) in [4.78, 5) is 10.9. The number of sulfone groups is 1. The summed E-state index contributed by atoms with van der Waals surface area (Å²) in [6.45, 7) is 1.58. The first-order valence-corrected chi connectivity index (χ1v) is 8.24. The molecule has 0 unspecified atom stereocenters. The van der Waals surface area contributed by atoms with Crippen LogP contribution in [0.4, 0.5) is 10.5 Å². The third-order valence-corrected chi connectivity index (χ3v) is 4.68. The van der Waals surface area contributed by atoms with Crippen LogP contribution in [0.3, 0.4) is 0 Å². The van der Waals surface area contributed by atoms with Gasteiger partial charge in [0.1, 0.15) is 16.4 Å². The first kappa shape index (κ1) is 15.8. The molecule has 2 amide bonds. The van der Waals surface area contributed by atoms with Crippen molar-refractivity contribution in [2.24, 2.45) is 5.73 Å². The number of carbonyl (C=O) groups excluding carboxylic acids is 1. The van der Waals surface area contributed by atoms with Gasteiger partial charge in [0, 0.05) is 5.69 Å². The number of hydrogen-bond acceptors (Lipinski definition) is 4. The second-order valence-electron chi connectivity index (χ2n) is 4.47. The van der Waals surface area contributed by atoms with E-state index in [2.05, 4.69) is 5.32 Å². The molecule has 0 atom stereocenters. The molecule has 0 heterocycles. The monoisotopic (exact) mass is 320 g/mol. The minimum absolute atomic E-state index is 0.00512. The van der Waals surface area contributed by atoms with Crippen molar-refractivity contribution in [3.05, 3.63) is 48.5 Å². The number of benzene rings is 2. The molecule has 0 aliphatic rings.